The number of carbonyl (C=O) groups excluding carboxylic acids is 1. The van der Waals surface area contributed by atoms with E-state index < -0.39 is 11.6 Å². The van der Waals surface area contributed by atoms with E-state index in [1.165, 1.54) is 0 Å². The molecule has 0 bridgehead atoms. The fourth-order valence-electron chi connectivity index (χ4n) is 2.52. The number of benzene rings is 2. The van der Waals surface area contributed by atoms with E-state index in [4.69, 9.17) is 0 Å². The molecule has 0 atom stereocenters. The number of nitrogens with zero attached hydrogens (tertiary/aromatic N) is 1. The van der Waals surface area contributed by atoms with Crippen LogP contribution in [-0.2, 0) is 13.1 Å². The summed E-state index contributed by atoms with van der Waals surface area (Å²) < 4.78 is 27.1. The molecule has 0 aromatic heterocycles. The van der Waals surface area contributed by atoms with E-state index in [9.17, 15) is 13.6 Å². The van der Waals surface area contributed by atoms with Crippen LogP contribution in [0.2, 0.25) is 0 Å². The molecule has 7 heteroatoms. The predicted octanol–water partition coefficient (Wildman–Crippen LogP) is 3.36. The lowest BCUT2D eigenvalue weighted by Gasteiger charge is -2.12. The van der Waals surface area contributed by atoms with Crippen molar-refractivity contribution in [1.82, 2.24) is 16.0 Å². The summed E-state index contributed by atoms with van der Waals surface area (Å²) in [6.45, 7) is 5.61. The summed E-state index contributed by atoms with van der Waals surface area (Å²) in [5.74, 6) is -0.597. The van der Waals surface area contributed by atoms with Gasteiger partial charge < -0.3 is 16.0 Å². The van der Waals surface area contributed by atoms with Crippen LogP contribution in [0.5, 0.6) is 0 Å². The molecular formula is C21H26F2N4O. The Morgan fingerprint density at radius 1 is 1.04 bits per heavy atom. The number of rotatable bonds is 8. The first-order valence-electron chi connectivity index (χ1n) is 9.36. The van der Waals surface area contributed by atoms with Crippen molar-refractivity contribution in [3.63, 3.8) is 0 Å². The molecule has 5 nitrogen and oxygen atoms in total. The van der Waals surface area contributed by atoms with E-state index in [-0.39, 0.29) is 18.0 Å². The molecule has 0 aliphatic heterocycles. The molecule has 0 heterocycles. The van der Waals surface area contributed by atoms with Crippen LogP contribution in [-0.4, -0.2) is 25.0 Å². The van der Waals surface area contributed by atoms with Crippen molar-refractivity contribution in [2.75, 3.05) is 13.1 Å². The number of amides is 1. The highest BCUT2D eigenvalue weighted by Gasteiger charge is 2.07. The minimum absolute atomic E-state index is 0.106. The molecule has 0 fully saturated rings. The van der Waals surface area contributed by atoms with E-state index in [0.717, 1.165) is 30.2 Å². The molecule has 2 aromatic rings. The first kappa shape index (κ1) is 21.3. The Hall–Kier alpha value is -2.96. The summed E-state index contributed by atoms with van der Waals surface area (Å²) >= 11 is 0. The molecule has 28 heavy (non-hydrogen) atoms. The van der Waals surface area contributed by atoms with Crippen molar-refractivity contribution >= 4 is 11.9 Å². The van der Waals surface area contributed by atoms with Crippen LogP contribution in [0.3, 0.4) is 0 Å². The fourth-order valence-corrected chi connectivity index (χ4v) is 2.52. The smallest absolute Gasteiger partial charge is 0.251 e. The Morgan fingerprint density at radius 3 is 2.61 bits per heavy atom. The minimum Gasteiger partial charge on any atom is -0.357 e. The van der Waals surface area contributed by atoms with Gasteiger partial charge in [0.25, 0.3) is 5.91 Å². The zero-order chi connectivity index (χ0) is 20.4. The van der Waals surface area contributed by atoms with Gasteiger partial charge in [0, 0.05) is 30.8 Å². The van der Waals surface area contributed by atoms with Gasteiger partial charge in [-0.05, 0) is 49.2 Å². The van der Waals surface area contributed by atoms with E-state index in [1.807, 2.05) is 26.0 Å². The average molecular weight is 388 g/mol. The van der Waals surface area contributed by atoms with Gasteiger partial charge in [0.2, 0.25) is 0 Å². The monoisotopic (exact) mass is 388 g/mol. The normalized spacial score (nSPS) is 11.2. The van der Waals surface area contributed by atoms with E-state index in [1.54, 1.807) is 12.1 Å². The number of halogens is 2. The number of aliphatic imine (C=N–C) groups is 1. The summed E-state index contributed by atoms with van der Waals surface area (Å²) in [6.07, 6.45) is 0.874. The van der Waals surface area contributed by atoms with Gasteiger partial charge in [0.1, 0.15) is 11.6 Å². The Kier molecular flexibility index (Phi) is 8.39. The zero-order valence-electron chi connectivity index (χ0n) is 16.2. The summed E-state index contributed by atoms with van der Waals surface area (Å²) in [5, 5.41) is 8.90. The van der Waals surface area contributed by atoms with Crippen LogP contribution in [0.25, 0.3) is 0 Å². The predicted molar refractivity (Wildman–Crippen MR) is 107 cm³/mol. The lowest BCUT2D eigenvalue weighted by Crippen LogP contribution is -2.37. The summed E-state index contributed by atoms with van der Waals surface area (Å²) in [6, 6.07) is 10.6. The highest BCUT2D eigenvalue weighted by atomic mass is 19.1. The second-order valence-electron chi connectivity index (χ2n) is 6.24. The molecule has 2 aromatic carbocycles. The summed E-state index contributed by atoms with van der Waals surface area (Å²) in [7, 11) is 0. The van der Waals surface area contributed by atoms with Crippen LogP contribution in [0, 0.1) is 11.6 Å². The van der Waals surface area contributed by atoms with Crippen molar-refractivity contribution in [2.24, 2.45) is 4.99 Å². The number of guanidine groups is 1. The quantitative estimate of drug-likeness (QED) is 0.480. The zero-order valence-corrected chi connectivity index (χ0v) is 16.2. The number of hydrogen-bond acceptors (Lipinski definition) is 2. The van der Waals surface area contributed by atoms with Gasteiger partial charge in [-0.2, -0.15) is 0 Å². The molecule has 150 valence electrons. The van der Waals surface area contributed by atoms with Crippen LogP contribution in [0.4, 0.5) is 8.78 Å². The Morgan fingerprint density at radius 2 is 1.86 bits per heavy atom. The average Bonchev–Trinajstić information content (AvgIpc) is 2.70. The molecule has 0 saturated heterocycles. The molecule has 2 rings (SSSR count). The molecule has 0 aliphatic carbocycles. The molecule has 0 radical (unpaired) electrons. The largest absolute Gasteiger partial charge is 0.357 e. The van der Waals surface area contributed by atoms with Crippen LogP contribution >= 0.6 is 0 Å². The van der Waals surface area contributed by atoms with Crippen molar-refractivity contribution in [2.45, 2.75) is 33.4 Å². The first-order chi connectivity index (χ1) is 13.5. The molecule has 1 amide bonds. The van der Waals surface area contributed by atoms with Gasteiger partial charge in [-0.15, -0.1) is 0 Å². The highest BCUT2D eigenvalue weighted by molar-refractivity contribution is 5.94. The number of carbonyl (C=O) groups is 1. The van der Waals surface area contributed by atoms with Crippen LogP contribution in [0.1, 0.15) is 41.8 Å². The van der Waals surface area contributed by atoms with Gasteiger partial charge in [-0.25, -0.2) is 13.8 Å². The van der Waals surface area contributed by atoms with Crippen molar-refractivity contribution in [3.8, 4) is 0 Å². The maximum absolute atomic E-state index is 13.8. The molecule has 0 saturated carbocycles. The summed E-state index contributed by atoms with van der Waals surface area (Å²) in [5.41, 5.74) is 1.68. The van der Waals surface area contributed by atoms with Gasteiger partial charge in [-0.3, -0.25) is 4.79 Å². The van der Waals surface area contributed by atoms with Crippen molar-refractivity contribution < 1.29 is 13.6 Å². The number of nitrogens with one attached hydrogen (secondary N) is 3. The molecular weight excluding hydrogens is 362 g/mol. The first-order valence-corrected chi connectivity index (χ1v) is 9.36. The standard InChI is InChI=1S/C21H26F2N4O/c1-3-10-25-20(28)16-7-5-6-15(11-16)13-26-21(24-4-2)27-14-17-12-18(22)8-9-19(17)23/h5-9,11-12H,3-4,10,13-14H2,1-2H3,(H,25,28)(H2,24,26,27). The fraction of sp³-hybridized carbons (Fsp3) is 0.333. The van der Waals surface area contributed by atoms with E-state index >= 15 is 0 Å². The Labute approximate surface area is 164 Å². The maximum atomic E-state index is 13.8. The Balaban J connectivity index is 2.03. The summed E-state index contributed by atoms with van der Waals surface area (Å²) in [4.78, 5) is 16.5. The molecule has 3 N–H and O–H groups in total. The lowest BCUT2D eigenvalue weighted by atomic mass is 10.1. The molecule has 0 aliphatic rings. The third-order valence-electron chi connectivity index (χ3n) is 3.94. The third-order valence-corrected chi connectivity index (χ3v) is 3.94. The maximum Gasteiger partial charge on any atom is 0.251 e. The Bertz CT molecular complexity index is 824. The minimum atomic E-state index is -0.488. The topological polar surface area (TPSA) is 65.5 Å². The van der Waals surface area contributed by atoms with Gasteiger partial charge in [-0.1, -0.05) is 19.1 Å². The van der Waals surface area contributed by atoms with Gasteiger partial charge in [0.05, 0.1) is 6.54 Å². The van der Waals surface area contributed by atoms with Crippen LogP contribution in [0.15, 0.2) is 47.5 Å². The van der Waals surface area contributed by atoms with E-state index in [2.05, 4.69) is 20.9 Å². The highest BCUT2D eigenvalue weighted by Crippen LogP contribution is 2.10. The lowest BCUT2D eigenvalue weighted by molar-refractivity contribution is 0.0953. The number of hydrogen-bond donors (Lipinski definition) is 3. The third kappa shape index (κ3) is 6.64. The van der Waals surface area contributed by atoms with Crippen molar-refractivity contribution in [3.05, 3.63) is 70.8 Å². The van der Waals surface area contributed by atoms with Crippen molar-refractivity contribution in [1.29, 1.82) is 0 Å². The van der Waals surface area contributed by atoms with Gasteiger partial charge >= 0.3 is 0 Å². The molecule has 0 spiro atoms. The SMILES string of the molecule is CCCNC(=O)c1cccc(CN=C(NCC)NCc2cc(F)ccc2F)c1. The second-order valence-corrected chi connectivity index (χ2v) is 6.24. The molecule has 0 unspecified atom stereocenters. The van der Waals surface area contributed by atoms with Gasteiger partial charge in [0.15, 0.2) is 5.96 Å². The van der Waals surface area contributed by atoms with Crippen LogP contribution < -0.4 is 16.0 Å². The van der Waals surface area contributed by atoms with E-state index in [0.29, 0.717) is 31.2 Å². The second kappa shape index (κ2) is 11.0.